The van der Waals surface area contributed by atoms with Crippen molar-refractivity contribution in [1.29, 1.82) is 0 Å². The van der Waals surface area contributed by atoms with Gasteiger partial charge in [-0.2, -0.15) is 0 Å². The molecule has 28 heavy (non-hydrogen) atoms. The number of fused-ring (bicyclic) bond motifs is 1. The Morgan fingerprint density at radius 3 is 1.89 bits per heavy atom. The van der Waals surface area contributed by atoms with Crippen molar-refractivity contribution in [2.75, 3.05) is 0 Å². The summed E-state index contributed by atoms with van der Waals surface area (Å²) in [4.78, 5) is 0. The molecule has 0 aliphatic heterocycles. The van der Waals surface area contributed by atoms with Crippen molar-refractivity contribution < 1.29 is 0 Å². The summed E-state index contributed by atoms with van der Waals surface area (Å²) in [5.74, 6) is 0.354. The highest BCUT2D eigenvalue weighted by atomic mass is 14.5. The van der Waals surface area contributed by atoms with Gasteiger partial charge in [0.05, 0.1) is 0 Å². The highest BCUT2D eigenvalue weighted by Crippen LogP contribution is 2.53. The van der Waals surface area contributed by atoms with Crippen LogP contribution >= 0.6 is 0 Å². The Bertz CT molecular complexity index is 1050. The SMILES string of the molecule is c1ccc(C[C@]2(c3ccccc3)Cc3ccccc3[C@H]2c2ccccc2)cc1. The predicted octanol–water partition coefficient (Wildman–Crippen LogP) is 6.56. The van der Waals surface area contributed by atoms with Gasteiger partial charge in [-0.15, -0.1) is 0 Å². The fraction of sp³-hybridized carbons (Fsp3) is 0.143. The van der Waals surface area contributed by atoms with Crippen LogP contribution in [0.15, 0.2) is 115 Å². The minimum atomic E-state index is 0.0215. The van der Waals surface area contributed by atoms with Crippen molar-refractivity contribution >= 4 is 0 Å². The van der Waals surface area contributed by atoms with Gasteiger partial charge in [0.1, 0.15) is 0 Å². The second-order valence-electron chi connectivity index (χ2n) is 7.90. The first-order chi connectivity index (χ1) is 13.9. The van der Waals surface area contributed by atoms with Gasteiger partial charge < -0.3 is 0 Å². The first-order valence-electron chi connectivity index (χ1n) is 10.1. The average molecular weight is 361 g/mol. The van der Waals surface area contributed by atoms with Crippen LogP contribution in [0.3, 0.4) is 0 Å². The summed E-state index contributed by atoms with van der Waals surface area (Å²) in [6.07, 6.45) is 2.10. The molecule has 4 aromatic rings. The molecule has 2 atom stereocenters. The minimum absolute atomic E-state index is 0.0215. The van der Waals surface area contributed by atoms with Crippen molar-refractivity contribution in [2.45, 2.75) is 24.2 Å². The Kier molecular flexibility index (Phi) is 4.33. The van der Waals surface area contributed by atoms with E-state index in [0.29, 0.717) is 5.92 Å². The molecule has 5 rings (SSSR count). The van der Waals surface area contributed by atoms with E-state index in [2.05, 4.69) is 115 Å². The second kappa shape index (κ2) is 7.13. The summed E-state index contributed by atoms with van der Waals surface area (Å²) in [5, 5.41) is 0. The Labute approximate surface area is 167 Å². The molecule has 0 bridgehead atoms. The van der Waals surface area contributed by atoms with E-state index in [1.54, 1.807) is 0 Å². The lowest BCUT2D eigenvalue weighted by Crippen LogP contribution is -2.34. The maximum Gasteiger partial charge on any atom is 0.0195 e. The Morgan fingerprint density at radius 1 is 0.607 bits per heavy atom. The Morgan fingerprint density at radius 2 is 1.18 bits per heavy atom. The molecule has 0 aromatic heterocycles. The summed E-state index contributed by atoms with van der Waals surface area (Å²) in [6.45, 7) is 0. The second-order valence-corrected chi connectivity index (χ2v) is 7.90. The van der Waals surface area contributed by atoms with Crippen LogP contribution < -0.4 is 0 Å². The lowest BCUT2D eigenvalue weighted by Gasteiger charge is -2.37. The highest BCUT2D eigenvalue weighted by molar-refractivity contribution is 5.53. The molecule has 0 heterocycles. The summed E-state index contributed by atoms with van der Waals surface area (Å²) < 4.78 is 0. The van der Waals surface area contributed by atoms with Crippen molar-refractivity contribution in [3.05, 3.63) is 143 Å². The maximum atomic E-state index is 2.34. The standard InChI is InChI=1S/C28H24/c1-4-12-22(13-5-1)20-28(25-17-8-3-9-18-25)21-24-16-10-11-19-26(24)27(28)23-14-6-2-7-15-23/h1-19,27H,20-21H2/t27-,28-/m1/s1. The van der Waals surface area contributed by atoms with Gasteiger partial charge in [-0.25, -0.2) is 0 Å². The van der Waals surface area contributed by atoms with E-state index in [1.807, 2.05) is 0 Å². The molecule has 0 fully saturated rings. The molecule has 0 heteroatoms. The molecular formula is C28H24. The molecule has 1 aliphatic rings. The topological polar surface area (TPSA) is 0 Å². The molecule has 0 unspecified atom stereocenters. The van der Waals surface area contributed by atoms with E-state index in [1.165, 1.54) is 27.8 Å². The van der Waals surface area contributed by atoms with E-state index in [-0.39, 0.29) is 5.41 Å². The number of benzene rings is 4. The summed E-state index contributed by atoms with van der Waals surface area (Å²) in [7, 11) is 0. The van der Waals surface area contributed by atoms with E-state index in [9.17, 15) is 0 Å². The third kappa shape index (κ3) is 2.86. The third-order valence-corrected chi connectivity index (χ3v) is 6.27. The molecule has 4 aromatic carbocycles. The van der Waals surface area contributed by atoms with E-state index in [4.69, 9.17) is 0 Å². The van der Waals surface area contributed by atoms with Crippen LogP contribution in [0.4, 0.5) is 0 Å². The monoisotopic (exact) mass is 360 g/mol. The minimum Gasteiger partial charge on any atom is -0.0622 e. The number of hydrogen-bond acceptors (Lipinski definition) is 0. The van der Waals surface area contributed by atoms with Crippen molar-refractivity contribution in [3.8, 4) is 0 Å². The van der Waals surface area contributed by atoms with Crippen molar-refractivity contribution in [3.63, 3.8) is 0 Å². The molecule has 0 nitrogen and oxygen atoms in total. The summed E-state index contributed by atoms with van der Waals surface area (Å²) >= 11 is 0. The zero-order valence-electron chi connectivity index (χ0n) is 16.0. The van der Waals surface area contributed by atoms with Crippen LogP contribution in [-0.2, 0) is 18.3 Å². The number of rotatable bonds is 4. The van der Waals surface area contributed by atoms with Crippen LogP contribution in [0, 0.1) is 0 Å². The Hall–Kier alpha value is -3.12. The van der Waals surface area contributed by atoms with E-state index < -0.39 is 0 Å². The molecule has 0 radical (unpaired) electrons. The lowest BCUT2D eigenvalue weighted by molar-refractivity contribution is 0.402. The predicted molar refractivity (Wildman–Crippen MR) is 117 cm³/mol. The zero-order chi connectivity index (χ0) is 18.8. The maximum absolute atomic E-state index is 2.34. The van der Waals surface area contributed by atoms with Crippen LogP contribution in [0.2, 0.25) is 0 Å². The van der Waals surface area contributed by atoms with Crippen LogP contribution in [0.1, 0.15) is 33.7 Å². The molecule has 0 spiro atoms. The van der Waals surface area contributed by atoms with Crippen LogP contribution in [0.5, 0.6) is 0 Å². The largest absolute Gasteiger partial charge is 0.0622 e. The summed E-state index contributed by atoms with van der Waals surface area (Å²) in [5.41, 5.74) is 7.23. The van der Waals surface area contributed by atoms with Gasteiger partial charge in [-0.1, -0.05) is 115 Å². The smallest absolute Gasteiger partial charge is 0.0195 e. The van der Waals surface area contributed by atoms with Gasteiger partial charge in [-0.05, 0) is 40.7 Å². The fourth-order valence-electron chi connectivity index (χ4n) is 5.13. The lowest BCUT2D eigenvalue weighted by atomic mass is 9.65. The first-order valence-corrected chi connectivity index (χ1v) is 10.1. The molecule has 136 valence electrons. The first kappa shape index (κ1) is 17.0. The van der Waals surface area contributed by atoms with Crippen LogP contribution in [-0.4, -0.2) is 0 Å². The highest BCUT2D eigenvalue weighted by Gasteiger charge is 2.47. The van der Waals surface area contributed by atoms with Gasteiger partial charge in [0, 0.05) is 11.3 Å². The van der Waals surface area contributed by atoms with Gasteiger partial charge in [0.2, 0.25) is 0 Å². The number of hydrogen-bond donors (Lipinski definition) is 0. The molecular weight excluding hydrogens is 336 g/mol. The quantitative estimate of drug-likeness (QED) is 0.387. The molecule has 0 N–H and O–H groups in total. The zero-order valence-corrected chi connectivity index (χ0v) is 16.0. The third-order valence-electron chi connectivity index (χ3n) is 6.27. The van der Waals surface area contributed by atoms with E-state index >= 15 is 0 Å². The average Bonchev–Trinajstić information content (AvgIpc) is 3.10. The van der Waals surface area contributed by atoms with Crippen molar-refractivity contribution in [1.82, 2.24) is 0 Å². The van der Waals surface area contributed by atoms with Crippen molar-refractivity contribution in [2.24, 2.45) is 0 Å². The van der Waals surface area contributed by atoms with Gasteiger partial charge in [0.15, 0.2) is 0 Å². The van der Waals surface area contributed by atoms with Gasteiger partial charge >= 0.3 is 0 Å². The summed E-state index contributed by atoms with van der Waals surface area (Å²) in [6, 6.07) is 42.2. The van der Waals surface area contributed by atoms with Gasteiger partial charge in [-0.3, -0.25) is 0 Å². The molecule has 1 aliphatic carbocycles. The molecule has 0 amide bonds. The Balaban J connectivity index is 1.75. The van der Waals surface area contributed by atoms with Crippen LogP contribution in [0.25, 0.3) is 0 Å². The fourth-order valence-corrected chi connectivity index (χ4v) is 5.13. The molecule has 0 saturated heterocycles. The van der Waals surface area contributed by atoms with Gasteiger partial charge in [0.25, 0.3) is 0 Å². The normalized spacial score (nSPS) is 20.6. The van der Waals surface area contributed by atoms with E-state index in [0.717, 1.165) is 12.8 Å². The molecule has 0 saturated carbocycles.